The van der Waals surface area contributed by atoms with Crippen molar-refractivity contribution in [2.24, 2.45) is 17.6 Å². The summed E-state index contributed by atoms with van der Waals surface area (Å²) in [5.74, 6) is 0.144. The third-order valence-corrected chi connectivity index (χ3v) is 4.04. The van der Waals surface area contributed by atoms with Crippen molar-refractivity contribution in [3.05, 3.63) is 48.0 Å². The average molecular weight is 284 g/mol. The van der Waals surface area contributed by atoms with Crippen LogP contribution in [0, 0.1) is 11.8 Å². The van der Waals surface area contributed by atoms with Crippen LogP contribution in [0.4, 0.5) is 0 Å². The molecule has 0 fully saturated rings. The van der Waals surface area contributed by atoms with Gasteiger partial charge in [-0.3, -0.25) is 4.79 Å². The Kier molecular flexibility index (Phi) is 4.97. The number of carbonyl (C=O) groups is 1. The summed E-state index contributed by atoms with van der Waals surface area (Å²) in [6.07, 6.45) is 0. The first-order chi connectivity index (χ1) is 10.0. The number of nitrogens with one attached hydrogen (secondary N) is 1. The Morgan fingerprint density at radius 1 is 1.10 bits per heavy atom. The molecular formula is C18H24N2O. The van der Waals surface area contributed by atoms with Crippen LogP contribution < -0.4 is 11.1 Å². The lowest BCUT2D eigenvalue weighted by Crippen LogP contribution is -2.39. The van der Waals surface area contributed by atoms with E-state index in [9.17, 15) is 4.79 Å². The Balaban J connectivity index is 2.23. The van der Waals surface area contributed by atoms with Crippen LogP contribution in [-0.2, 0) is 4.79 Å². The van der Waals surface area contributed by atoms with E-state index in [4.69, 9.17) is 5.73 Å². The first-order valence-electron chi connectivity index (χ1n) is 7.52. The molecule has 1 amide bonds. The second-order valence-corrected chi connectivity index (χ2v) is 5.88. The summed E-state index contributed by atoms with van der Waals surface area (Å²) in [6, 6.07) is 14.4. The van der Waals surface area contributed by atoms with Crippen LogP contribution in [0.15, 0.2) is 42.5 Å². The molecule has 0 aliphatic carbocycles. The standard InChI is InChI=1S/C18H24N2O/c1-12(2)17(11-19)18(21)20-13(3)15-10-6-8-14-7-4-5-9-16(14)15/h4-10,12-13,17H,11,19H2,1-3H3,(H,20,21). The lowest BCUT2D eigenvalue weighted by molar-refractivity contribution is -0.126. The quantitative estimate of drug-likeness (QED) is 0.885. The van der Waals surface area contributed by atoms with E-state index in [0.29, 0.717) is 6.54 Å². The molecule has 0 spiro atoms. The van der Waals surface area contributed by atoms with Gasteiger partial charge < -0.3 is 11.1 Å². The zero-order chi connectivity index (χ0) is 15.4. The van der Waals surface area contributed by atoms with Gasteiger partial charge in [-0.05, 0) is 29.2 Å². The Bertz CT molecular complexity index is 616. The van der Waals surface area contributed by atoms with Gasteiger partial charge in [0.1, 0.15) is 0 Å². The van der Waals surface area contributed by atoms with Gasteiger partial charge in [0.2, 0.25) is 5.91 Å². The Labute approximate surface area is 126 Å². The predicted octanol–water partition coefficient (Wildman–Crippen LogP) is 3.25. The van der Waals surface area contributed by atoms with Gasteiger partial charge in [0.15, 0.2) is 0 Å². The highest BCUT2D eigenvalue weighted by atomic mass is 16.2. The Hall–Kier alpha value is -1.87. The molecule has 2 unspecified atom stereocenters. The normalized spacial score (nSPS) is 14.1. The maximum absolute atomic E-state index is 12.3. The van der Waals surface area contributed by atoms with Crippen LogP contribution in [0.5, 0.6) is 0 Å². The van der Waals surface area contributed by atoms with Crippen LogP contribution in [0.25, 0.3) is 10.8 Å². The molecule has 2 rings (SSSR count). The number of rotatable bonds is 5. The highest BCUT2D eigenvalue weighted by molar-refractivity contribution is 5.87. The molecule has 3 N–H and O–H groups in total. The van der Waals surface area contributed by atoms with Crippen molar-refractivity contribution >= 4 is 16.7 Å². The van der Waals surface area contributed by atoms with Gasteiger partial charge in [0.25, 0.3) is 0 Å². The Morgan fingerprint density at radius 2 is 1.76 bits per heavy atom. The second-order valence-electron chi connectivity index (χ2n) is 5.88. The first-order valence-corrected chi connectivity index (χ1v) is 7.52. The van der Waals surface area contributed by atoms with Crippen molar-refractivity contribution in [1.82, 2.24) is 5.32 Å². The van der Waals surface area contributed by atoms with Crippen molar-refractivity contribution in [2.45, 2.75) is 26.8 Å². The van der Waals surface area contributed by atoms with Gasteiger partial charge in [0.05, 0.1) is 12.0 Å². The molecule has 2 aromatic rings. The highest BCUT2D eigenvalue weighted by Gasteiger charge is 2.22. The number of benzene rings is 2. The lowest BCUT2D eigenvalue weighted by atomic mass is 9.94. The maximum Gasteiger partial charge on any atom is 0.225 e. The smallest absolute Gasteiger partial charge is 0.225 e. The fraction of sp³-hybridized carbons (Fsp3) is 0.389. The molecule has 3 nitrogen and oxygen atoms in total. The highest BCUT2D eigenvalue weighted by Crippen LogP contribution is 2.24. The molecule has 0 bridgehead atoms. The van der Waals surface area contributed by atoms with Crippen LogP contribution in [-0.4, -0.2) is 12.5 Å². The van der Waals surface area contributed by atoms with Gasteiger partial charge in [-0.2, -0.15) is 0 Å². The molecule has 2 aromatic carbocycles. The van der Waals surface area contributed by atoms with E-state index in [1.165, 1.54) is 10.8 Å². The maximum atomic E-state index is 12.3. The molecule has 0 aromatic heterocycles. The van der Waals surface area contributed by atoms with E-state index in [1.807, 2.05) is 39.0 Å². The zero-order valence-electron chi connectivity index (χ0n) is 13.0. The average Bonchev–Trinajstić information content (AvgIpc) is 2.46. The van der Waals surface area contributed by atoms with Crippen LogP contribution in [0.3, 0.4) is 0 Å². The largest absolute Gasteiger partial charge is 0.349 e. The van der Waals surface area contributed by atoms with E-state index >= 15 is 0 Å². The number of hydrogen-bond acceptors (Lipinski definition) is 2. The van der Waals surface area contributed by atoms with E-state index < -0.39 is 0 Å². The predicted molar refractivity (Wildman–Crippen MR) is 87.9 cm³/mol. The fourth-order valence-electron chi connectivity index (χ4n) is 2.71. The molecule has 0 aliphatic heterocycles. The molecule has 112 valence electrons. The monoisotopic (exact) mass is 284 g/mol. The molecule has 0 heterocycles. The molecule has 0 aliphatic rings. The SMILES string of the molecule is CC(NC(=O)C(CN)C(C)C)c1cccc2ccccc12. The molecule has 0 saturated carbocycles. The number of amides is 1. The van der Waals surface area contributed by atoms with Crippen LogP contribution in [0.2, 0.25) is 0 Å². The third-order valence-electron chi connectivity index (χ3n) is 4.04. The molecule has 0 radical (unpaired) electrons. The van der Waals surface area contributed by atoms with Gasteiger partial charge >= 0.3 is 0 Å². The minimum atomic E-state index is -0.137. The van der Waals surface area contributed by atoms with E-state index in [0.717, 1.165) is 5.56 Å². The van der Waals surface area contributed by atoms with Gasteiger partial charge in [-0.15, -0.1) is 0 Å². The summed E-state index contributed by atoms with van der Waals surface area (Å²) >= 11 is 0. The zero-order valence-corrected chi connectivity index (χ0v) is 13.0. The number of nitrogens with two attached hydrogens (primary N) is 1. The number of hydrogen-bond donors (Lipinski definition) is 2. The van der Waals surface area contributed by atoms with Crippen molar-refractivity contribution in [3.8, 4) is 0 Å². The molecule has 21 heavy (non-hydrogen) atoms. The molecular weight excluding hydrogens is 260 g/mol. The molecule has 0 saturated heterocycles. The topological polar surface area (TPSA) is 55.1 Å². The minimum Gasteiger partial charge on any atom is -0.349 e. The summed E-state index contributed by atoms with van der Waals surface area (Å²) in [6.45, 7) is 6.46. The van der Waals surface area contributed by atoms with E-state index in [1.54, 1.807) is 0 Å². The molecule has 2 atom stereocenters. The van der Waals surface area contributed by atoms with Crippen LogP contribution >= 0.6 is 0 Å². The summed E-state index contributed by atoms with van der Waals surface area (Å²) in [4.78, 5) is 12.3. The van der Waals surface area contributed by atoms with E-state index in [-0.39, 0.29) is 23.8 Å². The van der Waals surface area contributed by atoms with Crippen LogP contribution in [0.1, 0.15) is 32.4 Å². The lowest BCUT2D eigenvalue weighted by Gasteiger charge is -2.22. The summed E-state index contributed by atoms with van der Waals surface area (Å²) in [5.41, 5.74) is 6.86. The second kappa shape index (κ2) is 6.72. The van der Waals surface area contributed by atoms with E-state index in [2.05, 4.69) is 29.6 Å². The van der Waals surface area contributed by atoms with Crippen molar-refractivity contribution in [2.75, 3.05) is 6.54 Å². The third kappa shape index (κ3) is 3.42. The molecule has 3 heteroatoms. The Morgan fingerprint density at radius 3 is 2.43 bits per heavy atom. The first kappa shape index (κ1) is 15.5. The number of fused-ring (bicyclic) bond motifs is 1. The summed E-state index contributed by atoms with van der Waals surface area (Å²) in [5, 5.41) is 5.47. The van der Waals surface area contributed by atoms with Gasteiger partial charge in [0, 0.05) is 6.54 Å². The summed E-state index contributed by atoms with van der Waals surface area (Å²) in [7, 11) is 0. The van der Waals surface area contributed by atoms with Crippen molar-refractivity contribution in [3.63, 3.8) is 0 Å². The van der Waals surface area contributed by atoms with Crippen molar-refractivity contribution in [1.29, 1.82) is 0 Å². The number of carbonyl (C=O) groups excluding carboxylic acids is 1. The van der Waals surface area contributed by atoms with Gasteiger partial charge in [-0.25, -0.2) is 0 Å². The minimum absolute atomic E-state index is 0.0311. The van der Waals surface area contributed by atoms with Crippen molar-refractivity contribution < 1.29 is 4.79 Å². The summed E-state index contributed by atoms with van der Waals surface area (Å²) < 4.78 is 0. The van der Waals surface area contributed by atoms with Gasteiger partial charge in [-0.1, -0.05) is 56.3 Å². The fourth-order valence-corrected chi connectivity index (χ4v) is 2.71.